The number of nitrogens with zero attached hydrogens (tertiary/aromatic N) is 1. The zero-order chi connectivity index (χ0) is 9.19. The van der Waals surface area contributed by atoms with Gasteiger partial charge in [0.1, 0.15) is 0 Å². The van der Waals surface area contributed by atoms with Crippen molar-refractivity contribution in [3.63, 3.8) is 0 Å². The van der Waals surface area contributed by atoms with Gasteiger partial charge in [0.2, 0.25) is 0 Å². The molecule has 66 valence electrons. The van der Waals surface area contributed by atoms with E-state index in [-0.39, 0.29) is 16.5 Å². The Balaban J connectivity index is 3.10. The highest BCUT2D eigenvalue weighted by Crippen LogP contribution is 2.17. The SMILES string of the molecule is O=S(=O)(Cl)C1=CCN=CC(Cl)=C1. The van der Waals surface area contributed by atoms with Crippen molar-refractivity contribution >= 4 is 37.5 Å². The Morgan fingerprint density at radius 2 is 2.17 bits per heavy atom. The van der Waals surface area contributed by atoms with Crippen LogP contribution in [0.3, 0.4) is 0 Å². The maximum Gasteiger partial charge on any atom is 0.261 e. The maximum atomic E-state index is 10.8. The molecule has 0 amide bonds. The van der Waals surface area contributed by atoms with Crippen LogP contribution in [0.1, 0.15) is 0 Å². The van der Waals surface area contributed by atoms with Gasteiger partial charge in [-0.1, -0.05) is 11.6 Å². The van der Waals surface area contributed by atoms with Gasteiger partial charge in [-0.25, -0.2) is 8.42 Å². The summed E-state index contributed by atoms with van der Waals surface area (Å²) in [5, 5.41) is 0.253. The monoisotopic (exact) mass is 225 g/mol. The highest BCUT2D eigenvalue weighted by atomic mass is 35.7. The van der Waals surface area contributed by atoms with E-state index in [9.17, 15) is 8.42 Å². The van der Waals surface area contributed by atoms with E-state index >= 15 is 0 Å². The molecule has 0 radical (unpaired) electrons. The summed E-state index contributed by atoms with van der Waals surface area (Å²) in [7, 11) is 1.41. The molecule has 0 saturated heterocycles. The molecule has 12 heavy (non-hydrogen) atoms. The van der Waals surface area contributed by atoms with Gasteiger partial charge in [-0.2, -0.15) is 0 Å². The zero-order valence-electron chi connectivity index (χ0n) is 5.87. The Hall–Kier alpha value is -0.320. The van der Waals surface area contributed by atoms with Crippen molar-refractivity contribution in [3.05, 3.63) is 22.1 Å². The average molecular weight is 226 g/mol. The molecule has 0 fully saturated rings. The van der Waals surface area contributed by atoms with E-state index in [1.54, 1.807) is 0 Å². The first-order chi connectivity index (χ1) is 5.50. The molecular weight excluding hydrogens is 221 g/mol. The normalized spacial score (nSPS) is 18.2. The van der Waals surface area contributed by atoms with E-state index in [4.69, 9.17) is 22.3 Å². The Kier molecular flexibility index (Phi) is 2.93. The molecule has 1 aliphatic heterocycles. The third-order valence-electron chi connectivity index (χ3n) is 1.17. The third kappa shape index (κ3) is 2.62. The predicted octanol–water partition coefficient (Wildman–Crippen LogP) is 1.65. The molecule has 0 aromatic carbocycles. The molecule has 1 heterocycles. The number of hydrogen-bond acceptors (Lipinski definition) is 3. The molecule has 6 heteroatoms. The summed E-state index contributed by atoms with van der Waals surface area (Å²) in [6.45, 7) is 0.272. The molecular formula is C6H5Cl2NO2S. The Labute approximate surface area is 79.8 Å². The highest BCUT2D eigenvalue weighted by Gasteiger charge is 2.12. The van der Waals surface area contributed by atoms with Gasteiger partial charge in [0.15, 0.2) is 0 Å². The summed E-state index contributed by atoms with van der Waals surface area (Å²) in [5.41, 5.74) is 0. The lowest BCUT2D eigenvalue weighted by atomic mass is 10.4. The minimum atomic E-state index is -3.69. The molecule has 0 aliphatic carbocycles. The van der Waals surface area contributed by atoms with Crippen LogP contribution < -0.4 is 0 Å². The minimum Gasteiger partial charge on any atom is -0.287 e. The van der Waals surface area contributed by atoms with Crippen molar-refractivity contribution in [3.8, 4) is 0 Å². The van der Waals surface area contributed by atoms with Crippen LogP contribution in [0.4, 0.5) is 0 Å². The minimum absolute atomic E-state index is 0.00772. The molecule has 0 atom stereocenters. The van der Waals surface area contributed by atoms with Crippen molar-refractivity contribution < 1.29 is 8.42 Å². The van der Waals surface area contributed by atoms with Crippen LogP contribution in [0.5, 0.6) is 0 Å². The topological polar surface area (TPSA) is 46.5 Å². The van der Waals surface area contributed by atoms with Crippen LogP contribution in [0.2, 0.25) is 0 Å². The van der Waals surface area contributed by atoms with Crippen LogP contribution in [-0.4, -0.2) is 21.2 Å². The van der Waals surface area contributed by atoms with Crippen LogP contribution >= 0.6 is 22.3 Å². The lowest BCUT2D eigenvalue weighted by molar-refractivity contribution is 0.615. The summed E-state index contributed by atoms with van der Waals surface area (Å²) >= 11 is 5.57. The maximum absolute atomic E-state index is 10.8. The molecule has 1 rings (SSSR count). The Bertz CT molecular complexity index is 367. The summed E-state index contributed by atoms with van der Waals surface area (Å²) in [6.07, 6.45) is 4.04. The Morgan fingerprint density at radius 1 is 1.50 bits per heavy atom. The molecule has 0 aromatic rings. The first kappa shape index (κ1) is 9.77. The van der Waals surface area contributed by atoms with Crippen LogP contribution in [0.25, 0.3) is 0 Å². The first-order valence-corrected chi connectivity index (χ1v) is 5.71. The molecule has 0 aromatic heterocycles. The van der Waals surface area contributed by atoms with Gasteiger partial charge in [-0.05, 0) is 12.2 Å². The fourth-order valence-corrected chi connectivity index (χ4v) is 1.80. The fraction of sp³-hybridized carbons (Fsp3) is 0.167. The van der Waals surface area contributed by atoms with Gasteiger partial charge in [0.05, 0.1) is 16.5 Å². The van der Waals surface area contributed by atoms with Crippen molar-refractivity contribution in [1.82, 2.24) is 0 Å². The van der Waals surface area contributed by atoms with E-state index < -0.39 is 9.05 Å². The van der Waals surface area contributed by atoms with Crippen molar-refractivity contribution in [2.24, 2.45) is 4.99 Å². The van der Waals surface area contributed by atoms with Gasteiger partial charge in [0, 0.05) is 16.9 Å². The quantitative estimate of drug-likeness (QED) is 0.638. The van der Waals surface area contributed by atoms with Crippen molar-refractivity contribution in [1.29, 1.82) is 0 Å². The van der Waals surface area contributed by atoms with Gasteiger partial charge >= 0.3 is 0 Å². The molecule has 0 unspecified atom stereocenters. The molecule has 3 nitrogen and oxygen atoms in total. The van der Waals surface area contributed by atoms with E-state index in [1.807, 2.05) is 0 Å². The standard InChI is InChI=1S/C6H5Cl2NO2S/c7-5-3-6(12(8,10)11)1-2-9-4-5/h1,3-4H,2H2. The van der Waals surface area contributed by atoms with Gasteiger partial charge in [-0.15, -0.1) is 0 Å². The fourth-order valence-electron chi connectivity index (χ4n) is 0.685. The van der Waals surface area contributed by atoms with Crippen molar-refractivity contribution in [2.75, 3.05) is 6.54 Å². The van der Waals surface area contributed by atoms with Gasteiger partial charge in [0.25, 0.3) is 9.05 Å². The highest BCUT2D eigenvalue weighted by molar-refractivity contribution is 8.17. The smallest absolute Gasteiger partial charge is 0.261 e. The van der Waals surface area contributed by atoms with Gasteiger partial charge in [-0.3, -0.25) is 4.99 Å². The van der Waals surface area contributed by atoms with Gasteiger partial charge < -0.3 is 0 Å². The number of rotatable bonds is 1. The van der Waals surface area contributed by atoms with Crippen LogP contribution in [0, 0.1) is 0 Å². The summed E-state index contributed by atoms with van der Waals surface area (Å²) in [6, 6.07) is 0. The predicted molar refractivity (Wildman–Crippen MR) is 50.2 cm³/mol. The van der Waals surface area contributed by atoms with Crippen LogP contribution in [-0.2, 0) is 9.05 Å². The molecule has 1 aliphatic rings. The lowest BCUT2D eigenvalue weighted by Gasteiger charge is -1.93. The number of hydrogen-bond donors (Lipinski definition) is 0. The molecule has 0 bridgehead atoms. The summed E-state index contributed by atoms with van der Waals surface area (Å²) in [4.78, 5) is 3.78. The average Bonchev–Trinajstić information content (AvgIpc) is 2.11. The van der Waals surface area contributed by atoms with E-state index in [1.165, 1.54) is 18.4 Å². The second kappa shape index (κ2) is 3.60. The van der Waals surface area contributed by atoms with E-state index in [0.29, 0.717) is 0 Å². The zero-order valence-corrected chi connectivity index (χ0v) is 8.20. The van der Waals surface area contributed by atoms with E-state index in [2.05, 4.69) is 4.99 Å². The first-order valence-electron chi connectivity index (χ1n) is 3.02. The summed E-state index contributed by atoms with van der Waals surface area (Å²) < 4.78 is 21.6. The molecule has 0 N–H and O–H groups in total. The third-order valence-corrected chi connectivity index (χ3v) is 2.76. The largest absolute Gasteiger partial charge is 0.287 e. The van der Waals surface area contributed by atoms with Crippen molar-refractivity contribution in [2.45, 2.75) is 0 Å². The van der Waals surface area contributed by atoms with E-state index in [0.717, 1.165) is 0 Å². The molecule has 0 spiro atoms. The number of aliphatic imine (C=N–C) groups is 1. The second-order valence-corrected chi connectivity index (χ2v) is 5.07. The summed E-state index contributed by atoms with van der Waals surface area (Å²) in [5.74, 6) is 0. The Morgan fingerprint density at radius 3 is 2.75 bits per heavy atom. The second-order valence-electron chi connectivity index (χ2n) is 2.07. The number of halogens is 2. The number of allylic oxidation sites excluding steroid dienone is 2. The lowest BCUT2D eigenvalue weighted by Crippen LogP contribution is -1.92. The van der Waals surface area contributed by atoms with Crippen LogP contribution in [0.15, 0.2) is 27.1 Å². The molecule has 0 saturated carbocycles.